The molecule has 0 atom stereocenters. The lowest BCUT2D eigenvalue weighted by atomic mass is 9.95. The fourth-order valence-electron chi connectivity index (χ4n) is 3.91. The number of piperidine rings is 1. The van der Waals surface area contributed by atoms with Crippen molar-refractivity contribution in [3.8, 4) is 0 Å². The van der Waals surface area contributed by atoms with Gasteiger partial charge in [0.25, 0.3) is 5.91 Å². The van der Waals surface area contributed by atoms with E-state index in [4.69, 9.17) is 0 Å². The number of rotatable bonds is 4. The van der Waals surface area contributed by atoms with Crippen molar-refractivity contribution in [1.29, 1.82) is 0 Å². The zero-order valence-electron chi connectivity index (χ0n) is 16.2. The maximum Gasteiger partial charge on any atom is 0.270 e. The van der Waals surface area contributed by atoms with Gasteiger partial charge in [-0.05, 0) is 54.8 Å². The fourth-order valence-corrected chi connectivity index (χ4v) is 4.69. The molecule has 5 nitrogen and oxygen atoms in total. The highest BCUT2D eigenvalue weighted by Crippen LogP contribution is 2.26. The third-order valence-electron chi connectivity index (χ3n) is 5.62. The number of likely N-dealkylation sites (tertiary alicyclic amines) is 1. The number of carbonyl (C=O) groups is 2. The van der Waals surface area contributed by atoms with Gasteiger partial charge >= 0.3 is 0 Å². The number of aromatic nitrogens is 1. The van der Waals surface area contributed by atoms with Gasteiger partial charge in [-0.2, -0.15) is 0 Å². The molecule has 2 amide bonds. The van der Waals surface area contributed by atoms with Gasteiger partial charge in [0, 0.05) is 30.1 Å². The molecule has 3 heterocycles. The van der Waals surface area contributed by atoms with Gasteiger partial charge < -0.3 is 15.2 Å². The molecule has 6 heteroatoms. The lowest BCUT2D eigenvalue weighted by Gasteiger charge is -2.31. The molecule has 0 radical (unpaired) electrons. The second kappa shape index (κ2) is 7.80. The van der Waals surface area contributed by atoms with E-state index in [0.29, 0.717) is 31.6 Å². The topological polar surface area (TPSA) is 65.2 Å². The van der Waals surface area contributed by atoms with Crippen molar-refractivity contribution in [2.75, 3.05) is 18.4 Å². The Morgan fingerprint density at radius 3 is 2.75 bits per heavy atom. The molecule has 3 aromatic rings. The van der Waals surface area contributed by atoms with E-state index >= 15 is 0 Å². The van der Waals surface area contributed by atoms with Crippen LogP contribution in [0.25, 0.3) is 10.2 Å². The van der Waals surface area contributed by atoms with E-state index in [0.717, 1.165) is 33.5 Å². The second-order valence-electron chi connectivity index (χ2n) is 7.41. The van der Waals surface area contributed by atoms with Crippen LogP contribution >= 0.6 is 11.3 Å². The SMILES string of the molecule is CCc1cccc(C)c1NC(=O)C1CCN(C(=O)c2cc3ccsc3[nH]2)CC1. The van der Waals surface area contributed by atoms with Crippen LogP contribution in [0.1, 0.15) is 41.4 Å². The fraction of sp³-hybridized carbons (Fsp3) is 0.364. The van der Waals surface area contributed by atoms with Gasteiger partial charge in [-0.3, -0.25) is 9.59 Å². The third-order valence-corrected chi connectivity index (χ3v) is 6.46. The number of fused-ring (bicyclic) bond motifs is 1. The zero-order chi connectivity index (χ0) is 19.7. The van der Waals surface area contributed by atoms with E-state index in [1.807, 2.05) is 41.5 Å². The van der Waals surface area contributed by atoms with Crippen LogP contribution in [0, 0.1) is 12.8 Å². The Morgan fingerprint density at radius 1 is 1.25 bits per heavy atom. The Hall–Kier alpha value is -2.60. The molecule has 4 rings (SSSR count). The molecule has 0 unspecified atom stereocenters. The van der Waals surface area contributed by atoms with Gasteiger partial charge in [-0.1, -0.05) is 25.1 Å². The van der Waals surface area contributed by atoms with Crippen LogP contribution in [0.5, 0.6) is 0 Å². The quantitative estimate of drug-likeness (QED) is 0.678. The summed E-state index contributed by atoms with van der Waals surface area (Å²) in [6.07, 6.45) is 2.28. The number of hydrogen-bond donors (Lipinski definition) is 2. The van der Waals surface area contributed by atoms with Crippen LogP contribution in [0.2, 0.25) is 0 Å². The van der Waals surface area contributed by atoms with Crippen molar-refractivity contribution in [1.82, 2.24) is 9.88 Å². The highest BCUT2D eigenvalue weighted by Gasteiger charge is 2.29. The maximum absolute atomic E-state index is 12.8. The van der Waals surface area contributed by atoms with Gasteiger partial charge in [-0.15, -0.1) is 11.3 Å². The van der Waals surface area contributed by atoms with E-state index in [9.17, 15) is 9.59 Å². The number of amides is 2. The number of anilines is 1. The van der Waals surface area contributed by atoms with Crippen molar-refractivity contribution in [3.63, 3.8) is 0 Å². The monoisotopic (exact) mass is 395 g/mol. The minimum atomic E-state index is -0.0551. The molecule has 0 aliphatic carbocycles. The molecule has 0 spiro atoms. The zero-order valence-corrected chi connectivity index (χ0v) is 17.1. The number of H-pyrrole nitrogens is 1. The van der Waals surface area contributed by atoms with Gasteiger partial charge in [0.2, 0.25) is 5.91 Å². The van der Waals surface area contributed by atoms with Crippen molar-refractivity contribution in [2.24, 2.45) is 5.92 Å². The van der Waals surface area contributed by atoms with Gasteiger partial charge in [0.1, 0.15) is 10.5 Å². The molecule has 1 saturated heterocycles. The Kier molecular flexibility index (Phi) is 5.22. The van der Waals surface area contributed by atoms with Crippen molar-refractivity contribution in [3.05, 3.63) is 52.5 Å². The van der Waals surface area contributed by atoms with Crippen LogP contribution < -0.4 is 5.32 Å². The second-order valence-corrected chi connectivity index (χ2v) is 8.32. The molecule has 28 heavy (non-hydrogen) atoms. The molecular formula is C22H25N3O2S. The smallest absolute Gasteiger partial charge is 0.270 e. The number of aryl methyl sites for hydroxylation is 2. The number of carbonyl (C=O) groups excluding carboxylic acids is 2. The lowest BCUT2D eigenvalue weighted by molar-refractivity contribution is -0.121. The number of aromatic amines is 1. The van der Waals surface area contributed by atoms with E-state index in [1.54, 1.807) is 11.3 Å². The summed E-state index contributed by atoms with van der Waals surface area (Å²) in [6, 6.07) is 10.0. The van der Waals surface area contributed by atoms with E-state index in [1.165, 1.54) is 0 Å². The van der Waals surface area contributed by atoms with Crippen LogP contribution in [-0.4, -0.2) is 34.8 Å². The summed E-state index contributed by atoms with van der Waals surface area (Å²) in [5.74, 6) is 0.0337. The Morgan fingerprint density at radius 2 is 2.04 bits per heavy atom. The summed E-state index contributed by atoms with van der Waals surface area (Å²) in [5.41, 5.74) is 3.83. The minimum absolute atomic E-state index is 0.0226. The third kappa shape index (κ3) is 3.56. The number of benzene rings is 1. The molecule has 1 aliphatic heterocycles. The number of nitrogens with one attached hydrogen (secondary N) is 2. The highest BCUT2D eigenvalue weighted by molar-refractivity contribution is 7.16. The average molecular weight is 396 g/mol. The molecular weight excluding hydrogens is 370 g/mol. The molecule has 1 aliphatic rings. The van der Waals surface area contributed by atoms with Crippen LogP contribution in [0.15, 0.2) is 35.7 Å². The Labute approximate surface area is 168 Å². The number of hydrogen-bond acceptors (Lipinski definition) is 3. The van der Waals surface area contributed by atoms with Crippen LogP contribution in [-0.2, 0) is 11.2 Å². The standard InChI is InChI=1S/C22H25N3O2S/c1-3-15-6-4-5-14(2)19(15)24-20(26)16-7-10-25(11-8-16)22(27)18-13-17-9-12-28-21(17)23-18/h4-6,9,12-13,16,23H,3,7-8,10-11H2,1-2H3,(H,24,26). The van der Waals surface area contributed by atoms with Gasteiger partial charge in [0.05, 0.1) is 0 Å². The lowest BCUT2D eigenvalue weighted by Crippen LogP contribution is -2.41. The summed E-state index contributed by atoms with van der Waals surface area (Å²) >= 11 is 1.60. The van der Waals surface area contributed by atoms with E-state index in [-0.39, 0.29) is 17.7 Å². The summed E-state index contributed by atoms with van der Waals surface area (Å²) in [5, 5.41) is 6.23. The molecule has 0 saturated carbocycles. The first kappa shape index (κ1) is 18.7. The normalized spacial score (nSPS) is 15.1. The van der Waals surface area contributed by atoms with Crippen molar-refractivity contribution in [2.45, 2.75) is 33.1 Å². The molecule has 2 aromatic heterocycles. The molecule has 146 valence electrons. The Balaban J connectivity index is 1.38. The number of para-hydroxylation sites is 1. The first-order chi connectivity index (χ1) is 13.6. The van der Waals surface area contributed by atoms with E-state index < -0.39 is 0 Å². The molecule has 2 N–H and O–H groups in total. The molecule has 0 bridgehead atoms. The van der Waals surface area contributed by atoms with Gasteiger partial charge in [0.15, 0.2) is 0 Å². The summed E-state index contributed by atoms with van der Waals surface area (Å²) in [7, 11) is 0. The number of thiophene rings is 1. The molecule has 1 aromatic carbocycles. The van der Waals surface area contributed by atoms with Crippen LogP contribution in [0.4, 0.5) is 5.69 Å². The van der Waals surface area contributed by atoms with Crippen molar-refractivity contribution >= 4 is 39.1 Å². The number of nitrogens with zero attached hydrogens (tertiary/aromatic N) is 1. The average Bonchev–Trinajstić information content (AvgIpc) is 3.31. The van der Waals surface area contributed by atoms with E-state index in [2.05, 4.69) is 23.3 Å². The predicted octanol–water partition coefficient (Wildman–Crippen LogP) is 4.59. The first-order valence-corrected chi connectivity index (χ1v) is 10.7. The summed E-state index contributed by atoms with van der Waals surface area (Å²) in [4.78, 5) is 31.6. The van der Waals surface area contributed by atoms with Crippen LogP contribution in [0.3, 0.4) is 0 Å². The largest absolute Gasteiger partial charge is 0.342 e. The minimum Gasteiger partial charge on any atom is -0.342 e. The Bertz CT molecular complexity index is 983. The highest BCUT2D eigenvalue weighted by atomic mass is 32.1. The predicted molar refractivity (Wildman–Crippen MR) is 114 cm³/mol. The van der Waals surface area contributed by atoms with Gasteiger partial charge in [-0.25, -0.2) is 0 Å². The molecule has 1 fully saturated rings. The summed E-state index contributed by atoms with van der Waals surface area (Å²) in [6.45, 7) is 5.34. The summed E-state index contributed by atoms with van der Waals surface area (Å²) < 4.78 is 0. The maximum atomic E-state index is 12.8. The van der Waals surface area contributed by atoms with Crippen molar-refractivity contribution < 1.29 is 9.59 Å². The first-order valence-electron chi connectivity index (χ1n) is 9.81.